The molecule has 1 heterocycles. The van der Waals surface area contributed by atoms with Gasteiger partial charge >= 0.3 is 0 Å². The number of aliphatic hydroxyl groups is 1. The lowest BCUT2D eigenvalue weighted by Gasteiger charge is -2.31. The number of hydrogen-bond donors (Lipinski definition) is 1. The summed E-state index contributed by atoms with van der Waals surface area (Å²) in [5.41, 5.74) is 0.746. The zero-order valence-electron chi connectivity index (χ0n) is 9.60. The second-order valence-corrected chi connectivity index (χ2v) is 5.70. The van der Waals surface area contributed by atoms with Crippen LogP contribution in [0.25, 0.3) is 0 Å². The van der Waals surface area contributed by atoms with E-state index in [0.29, 0.717) is 6.54 Å². The van der Waals surface area contributed by atoms with Crippen LogP contribution in [0.2, 0.25) is 0 Å². The molecule has 4 heteroatoms. The summed E-state index contributed by atoms with van der Waals surface area (Å²) in [4.78, 5) is 14.1. The molecule has 0 aliphatic carbocycles. The molecule has 0 aromatic heterocycles. The zero-order chi connectivity index (χ0) is 12.3. The van der Waals surface area contributed by atoms with E-state index in [9.17, 15) is 4.79 Å². The van der Waals surface area contributed by atoms with E-state index in [4.69, 9.17) is 5.11 Å². The van der Waals surface area contributed by atoms with Gasteiger partial charge in [-0.15, -0.1) is 0 Å². The number of hydrogen-bond acceptors (Lipinski definition) is 2. The molecule has 92 valence electrons. The predicted octanol–water partition coefficient (Wildman–Crippen LogP) is 2.14. The Balaban J connectivity index is 2.09. The van der Waals surface area contributed by atoms with Crippen molar-refractivity contribution in [2.45, 2.75) is 12.8 Å². The zero-order valence-corrected chi connectivity index (χ0v) is 11.8. The van der Waals surface area contributed by atoms with E-state index in [1.165, 1.54) is 0 Å². The highest BCUT2D eigenvalue weighted by atomic mass is 127. The van der Waals surface area contributed by atoms with Crippen LogP contribution in [0.5, 0.6) is 0 Å². The van der Waals surface area contributed by atoms with Gasteiger partial charge in [-0.25, -0.2) is 0 Å². The van der Waals surface area contributed by atoms with E-state index < -0.39 is 0 Å². The maximum Gasteiger partial charge on any atom is 0.253 e. The fourth-order valence-electron chi connectivity index (χ4n) is 2.20. The van der Waals surface area contributed by atoms with Crippen LogP contribution in [0.15, 0.2) is 24.3 Å². The molecule has 0 radical (unpaired) electrons. The van der Waals surface area contributed by atoms with E-state index in [2.05, 4.69) is 22.6 Å². The van der Waals surface area contributed by atoms with E-state index in [0.717, 1.165) is 28.5 Å². The maximum absolute atomic E-state index is 12.3. The van der Waals surface area contributed by atoms with Gasteiger partial charge in [0.15, 0.2) is 0 Å². The highest BCUT2D eigenvalue weighted by Gasteiger charge is 2.23. The van der Waals surface area contributed by atoms with Crippen molar-refractivity contribution in [1.29, 1.82) is 0 Å². The Morgan fingerprint density at radius 3 is 3.06 bits per heavy atom. The highest BCUT2D eigenvalue weighted by molar-refractivity contribution is 14.1. The van der Waals surface area contributed by atoms with Gasteiger partial charge in [0, 0.05) is 28.8 Å². The molecule has 17 heavy (non-hydrogen) atoms. The van der Waals surface area contributed by atoms with Gasteiger partial charge in [0.25, 0.3) is 5.91 Å². The number of likely N-dealkylation sites (tertiary alicyclic amines) is 1. The Hall–Kier alpha value is -0.620. The lowest BCUT2D eigenvalue weighted by Crippen LogP contribution is -2.40. The molecule has 1 aliphatic heterocycles. The summed E-state index contributed by atoms with van der Waals surface area (Å²) >= 11 is 2.21. The molecule has 1 N–H and O–H groups in total. The van der Waals surface area contributed by atoms with Gasteiger partial charge in [0.2, 0.25) is 0 Å². The van der Waals surface area contributed by atoms with Crippen LogP contribution in [-0.4, -0.2) is 35.6 Å². The Labute approximate surface area is 115 Å². The summed E-state index contributed by atoms with van der Waals surface area (Å²) in [6.07, 6.45) is 2.01. The number of benzene rings is 1. The molecular weight excluding hydrogens is 329 g/mol. The molecule has 3 nitrogen and oxygen atoms in total. The van der Waals surface area contributed by atoms with Crippen LogP contribution >= 0.6 is 22.6 Å². The molecule has 1 aliphatic rings. The van der Waals surface area contributed by atoms with Crippen molar-refractivity contribution in [2.24, 2.45) is 5.92 Å². The van der Waals surface area contributed by atoms with Crippen LogP contribution in [-0.2, 0) is 0 Å². The van der Waals surface area contributed by atoms with E-state index in [-0.39, 0.29) is 18.4 Å². The summed E-state index contributed by atoms with van der Waals surface area (Å²) in [6, 6.07) is 7.64. The van der Waals surface area contributed by atoms with Gasteiger partial charge in [0.1, 0.15) is 0 Å². The first-order valence-electron chi connectivity index (χ1n) is 5.86. The number of carbonyl (C=O) groups is 1. The number of halogens is 1. The Morgan fingerprint density at radius 1 is 1.53 bits per heavy atom. The molecule has 1 amide bonds. The lowest BCUT2D eigenvalue weighted by molar-refractivity contribution is 0.0620. The summed E-state index contributed by atoms with van der Waals surface area (Å²) in [7, 11) is 0. The fraction of sp³-hybridized carbons (Fsp3) is 0.462. The minimum atomic E-state index is 0.0849. The minimum absolute atomic E-state index is 0.0849. The van der Waals surface area contributed by atoms with Crippen molar-refractivity contribution in [1.82, 2.24) is 4.90 Å². The third kappa shape index (κ3) is 3.19. The van der Waals surface area contributed by atoms with Gasteiger partial charge in [-0.1, -0.05) is 6.07 Å². The van der Waals surface area contributed by atoms with Crippen molar-refractivity contribution < 1.29 is 9.90 Å². The molecule has 0 saturated carbocycles. The van der Waals surface area contributed by atoms with E-state index in [1.54, 1.807) is 0 Å². The Kier molecular flexibility index (Phi) is 4.39. The molecule has 1 atom stereocenters. The summed E-state index contributed by atoms with van der Waals surface area (Å²) in [5, 5.41) is 9.17. The van der Waals surface area contributed by atoms with Gasteiger partial charge in [-0.05, 0) is 59.5 Å². The van der Waals surface area contributed by atoms with Crippen molar-refractivity contribution in [3.8, 4) is 0 Å². The van der Waals surface area contributed by atoms with Gasteiger partial charge in [-0.3, -0.25) is 4.79 Å². The van der Waals surface area contributed by atoms with Gasteiger partial charge < -0.3 is 10.0 Å². The van der Waals surface area contributed by atoms with Gasteiger partial charge in [0.05, 0.1) is 0 Å². The Morgan fingerprint density at radius 2 is 2.35 bits per heavy atom. The van der Waals surface area contributed by atoms with Gasteiger partial charge in [-0.2, -0.15) is 0 Å². The van der Waals surface area contributed by atoms with Crippen molar-refractivity contribution in [3.05, 3.63) is 33.4 Å². The number of nitrogens with zero attached hydrogens (tertiary/aromatic N) is 1. The number of aliphatic hydroxyl groups excluding tert-OH is 1. The first-order chi connectivity index (χ1) is 8.20. The quantitative estimate of drug-likeness (QED) is 0.835. The van der Waals surface area contributed by atoms with Crippen LogP contribution in [0, 0.1) is 9.49 Å². The monoisotopic (exact) mass is 345 g/mol. The third-order valence-electron chi connectivity index (χ3n) is 3.14. The summed E-state index contributed by atoms with van der Waals surface area (Å²) < 4.78 is 1.07. The molecule has 1 aromatic carbocycles. The van der Waals surface area contributed by atoms with E-state index >= 15 is 0 Å². The predicted molar refractivity (Wildman–Crippen MR) is 74.9 cm³/mol. The number of amides is 1. The van der Waals surface area contributed by atoms with Crippen molar-refractivity contribution in [3.63, 3.8) is 0 Å². The summed E-state index contributed by atoms with van der Waals surface area (Å²) in [6.45, 7) is 1.66. The van der Waals surface area contributed by atoms with E-state index in [1.807, 2.05) is 29.2 Å². The number of carbonyl (C=O) groups excluding carboxylic acids is 1. The minimum Gasteiger partial charge on any atom is -0.396 e. The largest absolute Gasteiger partial charge is 0.396 e. The number of rotatable bonds is 2. The molecular formula is C13H16INO2. The third-order valence-corrected chi connectivity index (χ3v) is 3.81. The highest BCUT2D eigenvalue weighted by Crippen LogP contribution is 2.18. The van der Waals surface area contributed by atoms with Crippen LogP contribution < -0.4 is 0 Å². The van der Waals surface area contributed by atoms with Crippen molar-refractivity contribution >= 4 is 28.5 Å². The lowest BCUT2D eigenvalue weighted by atomic mass is 9.98. The van der Waals surface area contributed by atoms with Crippen molar-refractivity contribution in [2.75, 3.05) is 19.7 Å². The second kappa shape index (κ2) is 5.82. The average Bonchev–Trinajstić information content (AvgIpc) is 2.38. The molecule has 1 unspecified atom stereocenters. The topological polar surface area (TPSA) is 40.5 Å². The summed E-state index contributed by atoms with van der Waals surface area (Å²) in [5.74, 6) is 0.331. The first kappa shape index (κ1) is 12.8. The average molecular weight is 345 g/mol. The molecule has 1 aromatic rings. The SMILES string of the molecule is O=C(c1cccc(I)c1)N1CCCC(CO)C1. The van der Waals surface area contributed by atoms with Crippen LogP contribution in [0.3, 0.4) is 0 Å². The molecule has 0 spiro atoms. The second-order valence-electron chi connectivity index (χ2n) is 4.45. The normalized spacial score (nSPS) is 20.4. The molecule has 1 fully saturated rings. The Bertz CT molecular complexity index is 408. The number of piperidine rings is 1. The fourth-order valence-corrected chi connectivity index (χ4v) is 2.75. The molecule has 0 bridgehead atoms. The molecule has 2 rings (SSSR count). The maximum atomic E-state index is 12.3. The van der Waals surface area contributed by atoms with Crippen LogP contribution in [0.4, 0.5) is 0 Å². The molecule has 1 saturated heterocycles. The smallest absolute Gasteiger partial charge is 0.253 e. The first-order valence-corrected chi connectivity index (χ1v) is 6.94. The van der Waals surface area contributed by atoms with Crippen LogP contribution in [0.1, 0.15) is 23.2 Å². The standard InChI is InChI=1S/C13H16INO2/c14-12-5-1-4-11(7-12)13(17)15-6-2-3-10(8-15)9-16/h1,4-5,7,10,16H,2-3,6,8-9H2.